The number of hydrogen-bond acceptors (Lipinski definition) is 5. The van der Waals surface area contributed by atoms with Crippen LogP contribution in [0.15, 0.2) is 54.6 Å². The highest BCUT2D eigenvalue weighted by Gasteiger charge is 2.40. The standard InChI is InChI=1S/C20H22ClN3O5S/c1-30(27,28)23-20(29-17-9-7-16(21)8-10-17)11-13-24(14-12-20)19(26)22-18(25)15-5-3-2-4-6-15/h2-10,23H,11-14H2,1H3,(H,22,25,26). The van der Waals surface area contributed by atoms with Crippen LogP contribution in [0.25, 0.3) is 0 Å². The van der Waals surface area contributed by atoms with Crippen molar-refractivity contribution in [1.29, 1.82) is 0 Å². The lowest BCUT2D eigenvalue weighted by Crippen LogP contribution is -2.60. The second kappa shape index (κ2) is 9.03. The van der Waals surface area contributed by atoms with Crippen molar-refractivity contribution >= 4 is 33.6 Å². The molecule has 1 aliphatic heterocycles. The van der Waals surface area contributed by atoms with Crippen molar-refractivity contribution in [2.75, 3.05) is 19.3 Å². The highest BCUT2D eigenvalue weighted by molar-refractivity contribution is 7.88. The molecule has 160 valence electrons. The Morgan fingerprint density at radius 1 is 1.03 bits per heavy atom. The molecule has 10 heteroatoms. The molecule has 3 rings (SSSR count). The molecule has 2 aromatic carbocycles. The van der Waals surface area contributed by atoms with Gasteiger partial charge in [0, 0.05) is 36.5 Å². The summed E-state index contributed by atoms with van der Waals surface area (Å²) in [4.78, 5) is 26.1. The zero-order valence-electron chi connectivity index (χ0n) is 16.3. The predicted octanol–water partition coefficient (Wildman–Crippen LogP) is 2.61. The molecule has 2 aromatic rings. The number of halogens is 1. The minimum absolute atomic E-state index is 0.198. The second-order valence-electron chi connectivity index (χ2n) is 7.04. The summed E-state index contributed by atoms with van der Waals surface area (Å²) in [7, 11) is -3.58. The fraction of sp³-hybridized carbons (Fsp3) is 0.300. The van der Waals surface area contributed by atoms with Gasteiger partial charge in [0.05, 0.1) is 6.26 Å². The summed E-state index contributed by atoms with van der Waals surface area (Å²) < 4.78 is 32.4. The predicted molar refractivity (Wildman–Crippen MR) is 113 cm³/mol. The molecule has 3 amide bonds. The molecule has 8 nitrogen and oxygen atoms in total. The van der Waals surface area contributed by atoms with E-state index in [4.69, 9.17) is 16.3 Å². The van der Waals surface area contributed by atoms with Crippen molar-refractivity contribution < 1.29 is 22.7 Å². The molecule has 1 aliphatic rings. The SMILES string of the molecule is CS(=O)(=O)NC1(Oc2ccc(Cl)cc2)CCN(C(=O)NC(=O)c2ccccc2)CC1. The number of imide groups is 1. The molecule has 0 aromatic heterocycles. The van der Waals surface area contributed by atoms with Crippen molar-refractivity contribution in [3.05, 3.63) is 65.2 Å². The molecule has 0 aliphatic carbocycles. The zero-order chi connectivity index (χ0) is 21.8. The summed E-state index contributed by atoms with van der Waals surface area (Å²) in [6, 6.07) is 14.4. The number of rotatable bonds is 5. The molecule has 0 spiro atoms. The molecule has 1 saturated heterocycles. The minimum Gasteiger partial charge on any atom is -0.472 e. The van der Waals surface area contributed by atoms with Gasteiger partial charge in [-0.15, -0.1) is 0 Å². The van der Waals surface area contributed by atoms with Crippen LogP contribution in [0.4, 0.5) is 4.79 Å². The van der Waals surface area contributed by atoms with Crippen LogP contribution in [0.3, 0.4) is 0 Å². The fourth-order valence-electron chi connectivity index (χ4n) is 3.20. The Morgan fingerprint density at radius 3 is 2.20 bits per heavy atom. The molecule has 2 N–H and O–H groups in total. The van der Waals surface area contributed by atoms with E-state index in [1.54, 1.807) is 54.6 Å². The smallest absolute Gasteiger partial charge is 0.324 e. The van der Waals surface area contributed by atoms with Crippen LogP contribution < -0.4 is 14.8 Å². The van der Waals surface area contributed by atoms with E-state index in [1.165, 1.54) is 4.90 Å². The third-order valence-corrected chi connectivity index (χ3v) is 5.61. The second-order valence-corrected chi connectivity index (χ2v) is 9.22. The van der Waals surface area contributed by atoms with E-state index in [0.29, 0.717) is 16.3 Å². The first-order chi connectivity index (χ1) is 14.2. The molecule has 0 saturated carbocycles. The number of carbonyl (C=O) groups excluding carboxylic acids is 2. The van der Waals surface area contributed by atoms with Crippen molar-refractivity contribution in [1.82, 2.24) is 14.9 Å². The molecule has 1 fully saturated rings. The Kier molecular flexibility index (Phi) is 6.64. The number of urea groups is 1. The Morgan fingerprint density at radius 2 is 1.63 bits per heavy atom. The molecular weight excluding hydrogens is 430 g/mol. The van der Waals surface area contributed by atoms with Gasteiger partial charge in [0.15, 0.2) is 5.72 Å². The monoisotopic (exact) mass is 451 g/mol. The lowest BCUT2D eigenvalue weighted by molar-refractivity contribution is 0.00205. The van der Waals surface area contributed by atoms with E-state index in [-0.39, 0.29) is 25.9 Å². The first-order valence-electron chi connectivity index (χ1n) is 9.25. The first kappa shape index (κ1) is 22.1. The minimum atomic E-state index is -3.58. The van der Waals surface area contributed by atoms with E-state index in [9.17, 15) is 18.0 Å². The summed E-state index contributed by atoms with van der Waals surface area (Å²) in [6.07, 6.45) is 1.46. The number of benzene rings is 2. The normalized spacial score (nSPS) is 16.0. The third-order valence-electron chi connectivity index (χ3n) is 4.61. The van der Waals surface area contributed by atoms with Gasteiger partial charge in [-0.1, -0.05) is 29.8 Å². The van der Waals surface area contributed by atoms with E-state index in [2.05, 4.69) is 10.0 Å². The summed E-state index contributed by atoms with van der Waals surface area (Å²) in [5.41, 5.74) is -0.830. The van der Waals surface area contributed by atoms with Gasteiger partial charge in [-0.2, -0.15) is 4.72 Å². The molecule has 0 unspecified atom stereocenters. The van der Waals surface area contributed by atoms with Gasteiger partial charge in [0.25, 0.3) is 5.91 Å². The number of nitrogens with one attached hydrogen (secondary N) is 2. The number of sulfonamides is 1. The van der Waals surface area contributed by atoms with Crippen LogP contribution in [0.2, 0.25) is 5.02 Å². The highest BCUT2D eigenvalue weighted by atomic mass is 35.5. The molecule has 0 atom stereocenters. The molecule has 0 bridgehead atoms. The fourth-order valence-corrected chi connectivity index (χ4v) is 4.25. The van der Waals surface area contributed by atoms with Gasteiger partial charge < -0.3 is 9.64 Å². The maximum Gasteiger partial charge on any atom is 0.324 e. The van der Waals surface area contributed by atoms with Crippen LogP contribution in [-0.2, 0) is 10.0 Å². The van der Waals surface area contributed by atoms with Gasteiger partial charge in [-0.3, -0.25) is 10.1 Å². The largest absolute Gasteiger partial charge is 0.472 e. The first-order valence-corrected chi connectivity index (χ1v) is 11.5. The maximum absolute atomic E-state index is 12.5. The van der Waals surface area contributed by atoms with E-state index < -0.39 is 27.7 Å². The van der Waals surface area contributed by atoms with Crippen molar-refractivity contribution in [3.63, 3.8) is 0 Å². The van der Waals surface area contributed by atoms with Crippen LogP contribution >= 0.6 is 11.6 Å². The van der Waals surface area contributed by atoms with Crippen molar-refractivity contribution in [2.24, 2.45) is 0 Å². The maximum atomic E-state index is 12.5. The van der Waals surface area contributed by atoms with E-state index >= 15 is 0 Å². The quantitative estimate of drug-likeness (QED) is 0.680. The van der Waals surface area contributed by atoms with Gasteiger partial charge in [0.1, 0.15) is 5.75 Å². The summed E-state index contributed by atoms with van der Waals surface area (Å²) >= 11 is 5.89. The number of ether oxygens (including phenoxy) is 1. The van der Waals surface area contributed by atoms with Gasteiger partial charge in [-0.25, -0.2) is 13.2 Å². The number of likely N-dealkylation sites (tertiary alicyclic amines) is 1. The number of carbonyl (C=O) groups is 2. The Hall–Kier alpha value is -2.62. The van der Waals surface area contributed by atoms with Gasteiger partial charge in [0.2, 0.25) is 10.0 Å². The summed E-state index contributed by atoms with van der Waals surface area (Å²) in [5, 5.41) is 2.88. The van der Waals surface area contributed by atoms with Crippen molar-refractivity contribution in [2.45, 2.75) is 18.6 Å². The summed E-state index contributed by atoms with van der Waals surface area (Å²) in [6.45, 7) is 0.397. The summed E-state index contributed by atoms with van der Waals surface area (Å²) in [5.74, 6) is -0.0446. The number of amides is 3. The molecule has 0 radical (unpaired) electrons. The molecule has 1 heterocycles. The average molecular weight is 452 g/mol. The molecule has 30 heavy (non-hydrogen) atoms. The highest BCUT2D eigenvalue weighted by Crippen LogP contribution is 2.28. The number of piperidine rings is 1. The van der Waals surface area contributed by atoms with Gasteiger partial charge in [-0.05, 0) is 36.4 Å². The average Bonchev–Trinajstić information content (AvgIpc) is 2.69. The van der Waals surface area contributed by atoms with Crippen LogP contribution in [0.5, 0.6) is 5.75 Å². The third kappa shape index (κ3) is 5.94. The lowest BCUT2D eigenvalue weighted by Gasteiger charge is -2.41. The number of hydrogen-bond donors (Lipinski definition) is 2. The van der Waals surface area contributed by atoms with E-state index in [0.717, 1.165) is 6.26 Å². The van der Waals surface area contributed by atoms with Gasteiger partial charge >= 0.3 is 6.03 Å². The Bertz CT molecular complexity index is 1000. The van der Waals surface area contributed by atoms with Crippen LogP contribution in [0.1, 0.15) is 23.2 Å². The van der Waals surface area contributed by atoms with E-state index in [1.807, 2.05) is 0 Å². The zero-order valence-corrected chi connectivity index (χ0v) is 17.9. The number of nitrogens with zero attached hydrogens (tertiary/aromatic N) is 1. The van der Waals surface area contributed by atoms with Crippen LogP contribution in [0, 0.1) is 0 Å². The lowest BCUT2D eigenvalue weighted by atomic mass is 10.0. The molecular formula is C20H22ClN3O5S. The Balaban J connectivity index is 1.67. The van der Waals surface area contributed by atoms with Crippen molar-refractivity contribution in [3.8, 4) is 5.75 Å². The Labute approximate surface area is 180 Å². The topological polar surface area (TPSA) is 105 Å². The van der Waals surface area contributed by atoms with Crippen LogP contribution in [-0.4, -0.2) is 50.3 Å².